The van der Waals surface area contributed by atoms with E-state index in [4.69, 9.17) is 18.9 Å². The molecule has 0 bridgehead atoms. The molecule has 0 spiro atoms. The molecule has 2 amide bonds. The fourth-order valence-corrected chi connectivity index (χ4v) is 6.12. The monoisotopic (exact) mass is 658 g/mol. The number of esters is 1. The molecule has 2 N–H and O–H groups in total. The van der Waals surface area contributed by atoms with Gasteiger partial charge in [0.1, 0.15) is 11.8 Å². The average molecular weight is 659 g/mol. The summed E-state index contributed by atoms with van der Waals surface area (Å²) in [6.45, 7) is 11.3. The third-order valence-corrected chi connectivity index (χ3v) is 8.61. The predicted molar refractivity (Wildman–Crippen MR) is 185 cm³/mol. The molecule has 1 aliphatic rings. The topological polar surface area (TPSA) is 112 Å². The van der Waals surface area contributed by atoms with E-state index < -0.39 is 47.2 Å². The number of nitrogens with one attached hydrogen (secondary N) is 2. The summed E-state index contributed by atoms with van der Waals surface area (Å²) >= 11 is 0. The number of hydrogen-bond acceptors (Lipinski definition) is 7. The van der Waals surface area contributed by atoms with Crippen molar-refractivity contribution in [3.8, 4) is 16.9 Å². The highest BCUT2D eigenvalue weighted by atomic mass is 16.8. The fraction of sp³-hybridized carbons (Fsp3) is 0.462. The predicted octanol–water partition coefficient (Wildman–Crippen LogP) is 6.32. The van der Waals surface area contributed by atoms with Gasteiger partial charge in [-0.3, -0.25) is 9.59 Å². The lowest BCUT2D eigenvalue weighted by Crippen LogP contribution is -2.56. The Kier molecular flexibility index (Phi) is 12.0. The minimum absolute atomic E-state index is 0.264. The van der Waals surface area contributed by atoms with Gasteiger partial charge in [0.15, 0.2) is 6.10 Å². The van der Waals surface area contributed by atoms with E-state index in [1.54, 1.807) is 28.1 Å². The fourth-order valence-electron chi connectivity index (χ4n) is 6.12. The summed E-state index contributed by atoms with van der Waals surface area (Å²) in [4.78, 5) is 40.8. The molecule has 258 valence electrons. The number of rotatable bonds is 14. The Labute approximate surface area is 284 Å². The van der Waals surface area contributed by atoms with Gasteiger partial charge < -0.3 is 29.6 Å². The zero-order valence-corrected chi connectivity index (χ0v) is 29.4. The number of amides is 2. The lowest BCUT2D eigenvalue weighted by molar-refractivity contribution is -0.162. The first kappa shape index (κ1) is 36.6. The molecule has 4 atom stereocenters. The zero-order valence-electron chi connectivity index (χ0n) is 29.4. The Bertz CT molecular complexity index is 1560. The Hall–Kier alpha value is -4.21. The number of carbonyl (C=O) groups excluding carboxylic acids is 3. The average Bonchev–Trinajstić information content (AvgIpc) is 3.32. The molecule has 3 aromatic rings. The van der Waals surface area contributed by atoms with Crippen LogP contribution in [0.15, 0.2) is 72.8 Å². The SMILES string of the molecule is COCC(NC(=O)C(NC(=O)C(CCCc1ccc(-c2cccc(OC)c2)c(C)c1)C1OC(C)(C)OC1=O)C(C)(C)C)c1ccccc1. The smallest absolute Gasteiger partial charge is 0.338 e. The first-order chi connectivity index (χ1) is 22.7. The van der Waals surface area contributed by atoms with Crippen LogP contribution in [0.3, 0.4) is 0 Å². The number of hydrogen-bond donors (Lipinski definition) is 2. The van der Waals surface area contributed by atoms with Crippen molar-refractivity contribution in [1.82, 2.24) is 10.6 Å². The number of aryl methyl sites for hydroxylation is 2. The number of benzene rings is 3. The van der Waals surface area contributed by atoms with Crippen LogP contribution in [0.2, 0.25) is 0 Å². The molecule has 0 radical (unpaired) electrons. The molecule has 1 saturated heterocycles. The summed E-state index contributed by atoms with van der Waals surface area (Å²) in [6.07, 6.45) is 0.562. The molecule has 0 saturated carbocycles. The first-order valence-corrected chi connectivity index (χ1v) is 16.5. The lowest BCUT2D eigenvalue weighted by atomic mass is 9.84. The highest BCUT2D eigenvalue weighted by molar-refractivity contribution is 5.92. The zero-order chi connectivity index (χ0) is 35.1. The molecular formula is C39H50N2O7. The van der Waals surface area contributed by atoms with E-state index in [0.717, 1.165) is 33.6 Å². The maximum atomic E-state index is 14.1. The van der Waals surface area contributed by atoms with E-state index in [0.29, 0.717) is 19.3 Å². The maximum absolute atomic E-state index is 14.1. The number of ether oxygens (including phenoxy) is 4. The third-order valence-electron chi connectivity index (χ3n) is 8.61. The van der Waals surface area contributed by atoms with Crippen molar-refractivity contribution in [1.29, 1.82) is 0 Å². The van der Waals surface area contributed by atoms with Gasteiger partial charge in [0.05, 0.1) is 25.7 Å². The van der Waals surface area contributed by atoms with Crippen molar-refractivity contribution in [3.05, 3.63) is 89.5 Å². The van der Waals surface area contributed by atoms with Crippen molar-refractivity contribution >= 4 is 17.8 Å². The molecular weight excluding hydrogens is 608 g/mol. The summed E-state index contributed by atoms with van der Waals surface area (Å²) < 4.78 is 22.2. The molecule has 4 rings (SSSR count). The minimum Gasteiger partial charge on any atom is -0.497 e. The Morgan fingerprint density at radius 3 is 2.27 bits per heavy atom. The van der Waals surface area contributed by atoms with Crippen LogP contribution in [0.5, 0.6) is 5.75 Å². The van der Waals surface area contributed by atoms with Crippen LogP contribution in [0, 0.1) is 18.3 Å². The third kappa shape index (κ3) is 9.45. The molecule has 9 nitrogen and oxygen atoms in total. The van der Waals surface area contributed by atoms with Gasteiger partial charge in [0.25, 0.3) is 0 Å². The summed E-state index contributed by atoms with van der Waals surface area (Å²) in [7, 11) is 3.23. The Balaban J connectivity index is 1.51. The Morgan fingerprint density at radius 1 is 0.938 bits per heavy atom. The molecule has 3 aromatic carbocycles. The summed E-state index contributed by atoms with van der Waals surface area (Å²) in [6, 6.07) is 22.5. The number of cyclic esters (lactones) is 1. The largest absolute Gasteiger partial charge is 0.497 e. The van der Waals surface area contributed by atoms with Gasteiger partial charge in [-0.15, -0.1) is 0 Å². The summed E-state index contributed by atoms with van der Waals surface area (Å²) in [5.74, 6) is -2.58. The minimum atomic E-state index is -1.16. The van der Waals surface area contributed by atoms with E-state index in [2.05, 4.69) is 41.8 Å². The summed E-state index contributed by atoms with van der Waals surface area (Å²) in [5, 5.41) is 6.04. The van der Waals surface area contributed by atoms with Gasteiger partial charge in [-0.25, -0.2) is 4.79 Å². The normalized spacial score (nSPS) is 17.6. The van der Waals surface area contributed by atoms with Crippen LogP contribution in [-0.4, -0.2) is 56.5 Å². The second-order valence-corrected chi connectivity index (χ2v) is 14.0. The highest BCUT2D eigenvalue weighted by Crippen LogP contribution is 2.32. The van der Waals surface area contributed by atoms with Crippen molar-refractivity contribution in [2.75, 3.05) is 20.8 Å². The van der Waals surface area contributed by atoms with Crippen LogP contribution in [-0.2, 0) is 35.0 Å². The summed E-state index contributed by atoms with van der Waals surface area (Å²) in [5.41, 5.74) is 4.68. The van der Waals surface area contributed by atoms with Crippen LogP contribution < -0.4 is 15.4 Å². The van der Waals surface area contributed by atoms with E-state index in [-0.39, 0.29) is 12.5 Å². The molecule has 4 unspecified atom stereocenters. The molecule has 0 aliphatic carbocycles. The lowest BCUT2D eigenvalue weighted by Gasteiger charge is -2.33. The molecule has 1 aliphatic heterocycles. The van der Waals surface area contributed by atoms with Gasteiger partial charge in [-0.1, -0.05) is 81.4 Å². The molecule has 1 heterocycles. The van der Waals surface area contributed by atoms with Gasteiger partial charge in [-0.2, -0.15) is 0 Å². The van der Waals surface area contributed by atoms with Crippen molar-refractivity contribution < 1.29 is 33.3 Å². The second-order valence-electron chi connectivity index (χ2n) is 14.0. The second kappa shape index (κ2) is 15.8. The van der Waals surface area contributed by atoms with Gasteiger partial charge in [0, 0.05) is 21.0 Å². The van der Waals surface area contributed by atoms with Crippen molar-refractivity contribution in [2.45, 2.75) is 84.8 Å². The van der Waals surface area contributed by atoms with Gasteiger partial charge in [-0.05, 0) is 71.6 Å². The molecule has 1 fully saturated rings. The van der Waals surface area contributed by atoms with E-state index in [1.807, 2.05) is 69.3 Å². The van der Waals surface area contributed by atoms with E-state index in [9.17, 15) is 14.4 Å². The number of methoxy groups -OCH3 is 2. The Morgan fingerprint density at radius 2 is 1.67 bits per heavy atom. The number of carbonyl (C=O) groups is 3. The van der Waals surface area contributed by atoms with Crippen molar-refractivity contribution in [2.24, 2.45) is 11.3 Å². The van der Waals surface area contributed by atoms with E-state index in [1.165, 1.54) is 0 Å². The van der Waals surface area contributed by atoms with Crippen LogP contribution >= 0.6 is 0 Å². The quantitative estimate of drug-likeness (QED) is 0.195. The van der Waals surface area contributed by atoms with E-state index >= 15 is 0 Å². The molecule has 48 heavy (non-hydrogen) atoms. The van der Waals surface area contributed by atoms with Gasteiger partial charge >= 0.3 is 5.97 Å². The molecule has 9 heteroatoms. The van der Waals surface area contributed by atoms with Crippen LogP contribution in [0.25, 0.3) is 11.1 Å². The standard InChI is InChI=1S/C39H50N2O7/c1-25-22-26(20-21-30(25)28-17-13-18-29(23-28)46-8)14-12-19-31(33-37(44)48-39(5,6)47-33)35(42)41-34(38(2,3)4)36(43)40-32(24-45-7)27-15-10-9-11-16-27/h9-11,13,15-18,20-23,31-34H,12,14,19,24H2,1-8H3,(H,40,43)(H,41,42). The van der Waals surface area contributed by atoms with Crippen molar-refractivity contribution in [3.63, 3.8) is 0 Å². The van der Waals surface area contributed by atoms with Crippen LogP contribution in [0.1, 0.15) is 70.2 Å². The first-order valence-electron chi connectivity index (χ1n) is 16.5. The molecule has 0 aromatic heterocycles. The highest BCUT2D eigenvalue weighted by Gasteiger charge is 2.48. The maximum Gasteiger partial charge on any atom is 0.338 e. The van der Waals surface area contributed by atoms with Crippen LogP contribution in [0.4, 0.5) is 0 Å². The van der Waals surface area contributed by atoms with Gasteiger partial charge in [0.2, 0.25) is 17.6 Å².